The first-order chi connectivity index (χ1) is 15.4. The van der Waals surface area contributed by atoms with Crippen LogP contribution in [0, 0.1) is 0 Å². The summed E-state index contributed by atoms with van der Waals surface area (Å²) in [6, 6.07) is 10.4. The van der Waals surface area contributed by atoms with Crippen molar-refractivity contribution in [1.82, 2.24) is 10.2 Å². The summed E-state index contributed by atoms with van der Waals surface area (Å²) in [7, 11) is -3.90. The number of hydrogen-bond acceptors (Lipinski definition) is 4. The van der Waals surface area contributed by atoms with Crippen molar-refractivity contribution >= 4 is 62.3 Å². The van der Waals surface area contributed by atoms with Crippen LogP contribution in [0.2, 0.25) is 15.1 Å². The lowest BCUT2D eigenvalue weighted by Gasteiger charge is -2.31. The Kier molecular flexibility index (Phi) is 9.84. The molecule has 11 heteroatoms. The van der Waals surface area contributed by atoms with Crippen molar-refractivity contribution in [2.45, 2.75) is 32.9 Å². The van der Waals surface area contributed by atoms with E-state index in [1.54, 1.807) is 31.2 Å². The lowest BCUT2D eigenvalue weighted by molar-refractivity contribution is -0.139. The highest BCUT2D eigenvalue weighted by Gasteiger charge is 2.30. The van der Waals surface area contributed by atoms with Gasteiger partial charge in [0.1, 0.15) is 12.6 Å². The molecule has 0 bridgehead atoms. The van der Waals surface area contributed by atoms with Crippen molar-refractivity contribution in [3.63, 3.8) is 0 Å². The first-order valence-corrected chi connectivity index (χ1v) is 13.2. The summed E-state index contributed by atoms with van der Waals surface area (Å²) < 4.78 is 26.0. The third kappa shape index (κ3) is 7.78. The van der Waals surface area contributed by atoms with Gasteiger partial charge in [-0.3, -0.25) is 13.9 Å². The Morgan fingerprint density at radius 1 is 1.06 bits per heavy atom. The molecule has 0 fully saturated rings. The normalized spacial score (nSPS) is 12.2. The Morgan fingerprint density at radius 3 is 2.33 bits per heavy atom. The van der Waals surface area contributed by atoms with Gasteiger partial charge in [0.15, 0.2) is 0 Å². The summed E-state index contributed by atoms with van der Waals surface area (Å²) in [6.45, 7) is 3.45. The predicted molar refractivity (Wildman–Crippen MR) is 133 cm³/mol. The van der Waals surface area contributed by atoms with Crippen molar-refractivity contribution in [2.24, 2.45) is 0 Å². The largest absolute Gasteiger partial charge is 0.354 e. The van der Waals surface area contributed by atoms with Crippen molar-refractivity contribution in [1.29, 1.82) is 0 Å². The zero-order valence-corrected chi connectivity index (χ0v) is 21.6. The van der Waals surface area contributed by atoms with E-state index in [4.69, 9.17) is 34.8 Å². The second kappa shape index (κ2) is 11.9. The second-order valence-electron chi connectivity index (χ2n) is 7.48. The molecule has 0 saturated heterocycles. The van der Waals surface area contributed by atoms with E-state index in [-0.39, 0.29) is 28.2 Å². The Labute approximate surface area is 209 Å². The van der Waals surface area contributed by atoms with Crippen LogP contribution in [-0.2, 0) is 26.2 Å². The number of anilines is 1. The molecule has 2 amide bonds. The number of amides is 2. The molecule has 33 heavy (non-hydrogen) atoms. The summed E-state index contributed by atoms with van der Waals surface area (Å²) in [5.41, 5.74) is 0.767. The molecule has 2 rings (SSSR count). The topological polar surface area (TPSA) is 86.8 Å². The van der Waals surface area contributed by atoms with E-state index in [9.17, 15) is 18.0 Å². The number of benzene rings is 2. The fourth-order valence-corrected chi connectivity index (χ4v) is 4.58. The average molecular weight is 535 g/mol. The summed E-state index contributed by atoms with van der Waals surface area (Å²) in [4.78, 5) is 27.4. The van der Waals surface area contributed by atoms with E-state index in [1.165, 1.54) is 23.1 Å². The molecule has 0 spiro atoms. The number of carbonyl (C=O) groups is 2. The van der Waals surface area contributed by atoms with Gasteiger partial charge in [0.2, 0.25) is 21.8 Å². The van der Waals surface area contributed by atoms with Gasteiger partial charge in [-0.2, -0.15) is 0 Å². The molecule has 0 aliphatic heterocycles. The minimum Gasteiger partial charge on any atom is -0.354 e. The lowest BCUT2D eigenvalue weighted by atomic mass is 10.1. The number of sulfonamides is 1. The lowest BCUT2D eigenvalue weighted by Crippen LogP contribution is -2.51. The maximum Gasteiger partial charge on any atom is 0.244 e. The Morgan fingerprint density at radius 2 is 1.73 bits per heavy atom. The van der Waals surface area contributed by atoms with Crippen LogP contribution >= 0.6 is 34.8 Å². The highest BCUT2D eigenvalue weighted by Crippen LogP contribution is 2.31. The number of nitrogens with one attached hydrogen (secondary N) is 1. The van der Waals surface area contributed by atoms with Crippen LogP contribution in [0.25, 0.3) is 0 Å². The molecule has 0 aliphatic carbocycles. The third-order valence-corrected chi connectivity index (χ3v) is 6.73. The number of halogens is 3. The number of hydrogen-bond donors (Lipinski definition) is 1. The molecule has 0 aliphatic rings. The highest BCUT2D eigenvalue weighted by atomic mass is 35.5. The van der Waals surface area contributed by atoms with Crippen molar-refractivity contribution < 1.29 is 18.0 Å². The van der Waals surface area contributed by atoms with Crippen LogP contribution in [0.5, 0.6) is 0 Å². The molecule has 2 aromatic rings. The van der Waals surface area contributed by atoms with Gasteiger partial charge in [0.25, 0.3) is 0 Å². The van der Waals surface area contributed by atoms with Gasteiger partial charge in [-0.25, -0.2) is 8.42 Å². The van der Waals surface area contributed by atoms with E-state index in [1.807, 2.05) is 6.92 Å². The maximum atomic E-state index is 13.4. The first kappa shape index (κ1) is 27.2. The summed E-state index contributed by atoms with van der Waals surface area (Å²) in [5, 5.41) is 3.63. The van der Waals surface area contributed by atoms with Gasteiger partial charge in [0, 0.05) is 23.1 Å². The van der Waals surface area contributed by atoms with Crippen LogP contribution in [0.1, 0.15) is 25.8 Å². The van der Waals surface area contributed by atoms with E-state index in [0.717, 1.165) is 17.0 Å². The van der Waals surface area contributed by atoms with Gasteiger partial charge in [-0.1, -0.05) is 53.9 Å². The average Bonchev–Trinajstić information content (AvgIpc) is 2.74. The van der Waals surface area contributed by atoms with E-state index >= 15 is 0 Å². The van der Waals surface area contributed by atoms with E-state index in [0.29, 0.717) is 17.1 Å². The van der Waals surface area contributed by atoms with Crippen LogP contribution in [0.3, 0.4) is 0 Å². The standard InChI is InChI=1S/C22H26Cl3N3O4S/c1-4-10-26-22(30)15(2)27(13-16-6-5-7-17(23)11-16)21(29)14-28(33(3,31)32)20-12-18(24)8-9-19(20)25/h5-9,11-12,15H,4,10,13-14H2,1-3H3,(H,26,30)/t15-/m1/s1. The van der Waals surface area contributed by atoms with Crippen molar-refractivity contribution in [3.05, 3.63) is 63.1 Å². The van der Waals surface area contributed by atoms with Crippen LogP contribution in [-0.4, -0.2) is 50.5 Å². The predicted octanol–water partition coefficient (Wildman–Crippen LogP) is 4.36. The van der Waals surface area contributed by atoms with Gasteiger partial charge in [0.05, 0.1) is 17.0 Å². The molecular weight excluding hydrogens is 509 g/mol. The Balaban J connectivity index is 2.42. The van der Waals surface area contributed by atoms with E-state index < -0.39 is 28.5 Å². The number of rotatable bonds is 10. The van der Waals surface area contributed by atoms with Gasteiger partial charge in [-0.05, 0) is 49.2 Å². The Bertz CT molecular complexity index is 1110. The Hall–Kier alpha value is -2.00. The van der Waals surface area contributed by atoms with Crippen LogP contribution < -0.4 is 9.62 Å². The molecule has 0 saturated carbocycles. The molecular formula is C22H26Cl3N3O4S. The van der Waals surface area contributed by atoms with Gasteiger partial charge in [-0.15, -0.1) is 0 Å². The van der Waals surface area contributed by atoms with Gasteiger partial charge >= 0.3 is 0 Å². The minimum absolute atomic E-state index is 0.0565. The van der Waals surface area contributed by atoms with Crippen molar-refractivity contribution in [3.8, 4) is 0 Å². The summed E-state index contributed by atoms with van der Waals surface area (Å²) in [6.07, 6.45) is 1.70. The zero-order valence-electron chi connectivity index (χ0n) is 18.5. The van der Waals surface area contributed by atoms with Crippen LogP contribution in [0.4, 0.5) is 5.69 Å². The SMILES string of the molecule is CCCNC(=O)[C@@H](C)N(Cc1cccc(Cl)c1)C(=O)CN(c1cc(Cl)ccc1Cl)S(C)(=O)=O. The maximum absolute atomic E-state index is 13.4. The molecule has 0 unspecified atom stereocenters. The van der Waals surface area contributed by atoms with Gasteiger partial charge < -0.3 is 10.2 Å². The number of carbonyl (C=O) groups excluding carboxylic acids is 2. The fraction of sp³-hybridized carbons (Fsp3) is 0.364. The molecule has 0 radical (unpaired) electrons. The molecule has 7 nitrogen and oxygen atoms in total. The molecule has 2 aromatic carbocycles. The fourth-order valence-electron chi connectivity index (χ4n) is 3.08. The smallest absolute Gasteiger partial charge is 0.244 e. The first-order valence-electron chi connectivity index (χ1n) is 10.2. The summed E-state index contributed by atoms with van der Waals surface area (Å²) >= 11 is 18.3. The molecule has 0 heterocycles. The highest BCUT2D eigenvalue weighted by molar-refractivity contribution is 7.92. The van der Waals surface area contributed by atoms with Crippen molar-refractivity contribution in [2.75, 3.05) is 23.7 Å². The molecule has 0 aromatic heterocycles. The van der Waals surface area contributed by atoms with Crippen LogP contribution in [0.15, 0.2) is 42.5 Å². The molecule has 180 valence electrons. The second-order valence-corrected chi connectivity index (χ2v) is 10.7. The monoisotopic (exact) mass is 533 g/mol. The quantitative estimate of drug-likeness (QED) is 0.491. The third-order valence-electron chi connectivity index (χ3n) is 4.81. The number of nitrogens with zero attached hydrogens (tertiary/aromatic N) is 2. The molecule has 1 N–H and O–H groups in total. The summed E-state index contributed by atoms with van der Waals surface area (Å²) in [5.74, 6) is -0.936. The molecule has 1 atom stereocenters. The zero-order chi connectivity index (χ0) is 24.8. The van der Waals surface area contributed by atoms with E-state index in [2.05, 4.69) is 5.32 Å². The minimum atomic E-state index is -3.90.